The van der Waals surface area contributed by atoms with Crippen LogP contribution in [-0.4, -0.2) is 45.6 Å². The number of nitrogens with zero attached hydrogens (tertiary/aromatic N) is 4. The number of likely N-dealkylation sites (tertiary alicyclic amines) is 1. The van der Waals surface area contributed by atoms with E-state index in [1.165, 1.54) is 0 Å². The lowest BCUT2D eigenvalue weighted by Crippen LogP contribution is -2.41. The van der Waals surface area contributed by atoms with Gasteiger partial charge in [-0.2, -0.15) is 0 Å². The summed E-state index contributed by atoms with van der Waals surface area (Å²) in [7, 11) is 0. The Hall–Kier alpha value is -3.00. The first-order chi connectivity index (χ1) is 13.7. The number of hydrogen-bond acceptors (Lipinski definition) is 7. The van der Waals surface area contributed by atoms with Crippen LogP contribution < -0.4 is 5.32 Å². The second-order valence-electron chi connectivity index (χ2n) is 7.06. The van der Waals surface area contributed by atoms with E-state index in [-0.39, 0.29) is 5.91 Å². The maximum absolute atomic E-state index is 12.2. The van der Waals surface area contributed by atoms with Crippen molar-refractivity contribution >= 4 is 5.91 Å². The van der Waals surface area contributed by atoms with Gasteiger partial charge in [-0.1, -0.05) is 5.16 Å². The number of aromatic nitrogens is 3. The summed E-state index contributed by atoms with van der Waals surface area (Å²) < 4.78 is 10.6. The molecule has 1 N–H and O–H groups in total. The monoisotopic (exact) mass is 381 g/mol. The average Bonchev–Trinajstić information content (AvgIpc) is 3.39. The minimum atomic E-state index is 0.00899. The number of nitrogens with one attached hydrogen (secondary N) is 1. The average molecular weight is 381 g/mol. The lowest BCUT2D eigenvalue weighted by Gasteiger charge is -2.31. The van der Waals surface area contributed by atoms with Crippen LogP contribution in [0.5, 0.6) is 0 Å². The number of piperidine rings is 1. The zero-order chi connectivity index (χ0) is 19.3. The molecule has 0 saturated carbocycles. The van der Waals surface area contributed by atoms with Gasteiger partial charge in [-0.15, -0.1) is 0 Å². The van der Waals surface area contributed by atoms with E-state index in [9.17, 15) is 4.79 Å². The molecular weight excluding hydrogens is 358 g/mol. The largest absolute Gasteiger partial charge is 0.467 e. The van der Waals surface area contributed by atoms with Crippen molar-refractivity contribution in [2.75, 3.05) is 19.6 Å². The van der Waals surface area contributed by atoms with E-state index in [4.69, 9.17) is 8.94 Å². The molecule has 3 aromatic heterocycles. The Morgan fingerprint density at radius 3 is 2.93 bits per heavy atom. The number of carbonyl (C=O) groups excluding carboxylic acids is 1. The van der Waals surface area contributed by atoms with Crippen LogP contribution in [0.1, 0.15) is 35.9 Å². The fraction of sp³-hybridized carbons (Fsp3) is 0.400. The number of carbonyl (C=O) groups is 1. The minimum absolute atomic E-state index is 0.00899. The summed E-state index contributed by atoms with van der Waals surface area (Å²) >= 11 is 0. The predicted molar refractivity (Wildman–Crippen MR) is 101 cm³/mol. The van der Waals surface area contributed by atoms with E-state index >= 15 is 0 Å². The molecule has 0 aliphatic carbocycles. The predicted octanol–water partition coefficient (Wildman–Crippen LogP) is 2.53. The molecule has 8 nitrogen and oxygen atoms in total. The first kappa shape index (κ1) is 18.4. The summed E-state index contributed by atoms with van der Waals surface area (Å²) in [5.74, 6) is 1.78. The van der Waals surface area contributed by atoms with Crippen molar-refractivity contribution in [1.82, 2.24) is 25.3 Å². The number of hydrogen-bond donors (Lipinski definition) is 1. The Kier molecular flexibility index (Phi) is 5.48. The van der Waals surface area contributed by atoms with Crippen molar-refractivity contribution in [1.29, 1.82) is 0 Å². The zero-order valence-corrected chi connectivity index (χ0v) is 15.8. The molecule has 3 aromatic rings. The van der Waals surface area contributed by atoms with Crippen LogP contribution in [0.25, 0.3) is 11.3 Å². The second-order valence-corrected chi connectivity index (χ2v) is 7.06. The SMILES string of the molecule is Cc1cc(-c2cncnc2C2CCN(CC(=O)NCc3ccco3)CC2)on1. The number of amides is 1. The summed E-state index contributed by atoms with van der Waals surface area (Å²) in [6.07, 6.45) is 6.84. The van der Waals surface area contributed by atoms with E-state index in [0.29, 0.717) is 24.8 Å². The maximum Gasteiger partial charge on any atom is 0.234 e. The summed E-state index contributed by atoms with van der Waals surface area (Å²) in [6.45, 7) is 4.40. The Morgan fingerprint density at radius 1 is 1.36 bits per heavy atom. The molecule has 0 aromatic carbocycles. The highest BCUT2D eigenvalue weighted by molar-refractivity contribution is 5.77. The highest BCUT2D eigenvalue weighted by Gasteiger charge is 2.26. The van der Waals surface area contributed by atoms with Crippen LogP contribution in [-0.2, 0) is 11.3 Å². The van der Waals surface area contributed by atoms with Gasteiger partial charge < -0.3 is 14.3 Å². The van der Waals surface area contributed by atoms with E-state index < -0.39 is 0 Å². The first-order valence-corrected chi connectivity index (χ1v) is 9.44. The fourth-order valence-electron chi connectivity index (χ4n) is 3.57. The van der Waals surface area contributed by atoms with Crippen molar-refractivity contribution in [2.24, 2.45) is 0 Å². The summed E-state index contributed by atoms with van der Waals surface area (Å²) in [5.41, 5.74) is 2.73. The van der Waals surface area contributed by atoms with Crippen LogP contribution in [0.3, 0.4) is 0 Å². The van der Waals surface area contributed by atoms with Gasteiger partial charge in [-0.25, -0.2) is 9.97 Å². The molecule has 1 aliphatic rings. The van der Waals surface area contributed by atoms with Gasteiger partial charge >= 0.3 is 0 Å². The van der Waals surface area contributed by atoms with Gasteiger partial charge in [-0.05, 0) is 45.0 Å². The van der Waals surface area contributed by atoms with E-state index in [1.54, 1.807) is 18.8 Å². The molecule has 8 heteroatoms. The van der Waals surface area contributed by atoms with Crippen LogP contribution in [0.2, 0.25) is 0 Å². The maximum atomic E-state index is 12.2. The Morgan fingerprint density at radius 2 is 2.21 bits per heavy atom. The molecule has 1 fully saturated rings. The van der Waals surface area contributed by atoms with Crippen molar-refractivity contribution in [2.45, 2.75) is 32.2 Å². The van der Waals surface area contributed by atoms with Crippen LogP contribution in [0.4, 0.5) is 0 Å². The molecule has 4 rings (SSSR count). The molecule has 4 heterocycles. The summed E-state index contributed by atoms with van der Waals surface area (Å²) in [4.78, 5) is 23.0. The third-order valence-electron chi connectivity index (χ3n) is 5.02. The molecular formula is C20H23N5O3. The van der Waals surface area contributed by atoms with E-state index in [2.05, 4.69) is 25.3 Å². The van der Waals surface area contributed by atoms with Crippen molar-refractivity contribution in [3.63, 3.8) is 0 Å². The highest BCUT2D eigenvalue weighted by atomic mass is 16.5. The lowest BCUT2D eigenvalue weighted by molar-refractivity contribution is -0.122. The normalized spacial score (nSPS) is 15.6. The highest BCUT2D eigenvalue weighted by Crippen LogP contribution is 2.33. The van der Waals surface area contributed by atoms with Gasteiger partial charge in [0.1, 0.15) is 12.1 Å². The van der Waals surface area contributed by atoms with Gasteiger partial charge in [0.25, 0.3) is 0 Å². The standard InChI is InChI=1S/C20H23N5O3/c1-14-9-18(28-24-14)17-11-21-13-23-20(17)15-4-6-25(7-5-15)12-19(26)22-10-16-3-2-8-27-16/h2-3,8-9,11,13,15H,4-7,10,12H2,1H3,(H,22,26). The zero-order valence-electron chi connectivity index (χ0n) is 15.8. The molecule has 0 unspecified atom stereocenters. The molecule has 0 spiro atoms. The quantitative estimate of drug-likeness (QED) is 0.701. The van der Waals surface area contributed by atoms with Crippen LogP contribution in [0.15, 0.2) is 45.9 Å². The Bertz CT molecular complexity index is 914. The van der Waals surface area contributed by atoms with Crippen molar-refractivity contribution < 1.29 is 13.7 Å². The van der Waals surface area contributed by atoms with Crippen LogP contribution >= 0.6 is 0 Å². The third-order valence-corrected chi connectivity index (χ3v) is 5.02. The molecule has 1 aliphatic heterocycles. The van der Waals surface area contributed by atoms with Gasteiger partial charge in [0.15, 0.2) is 5.76 Å². The van der Waals surface area contributed by atoms with Gasteiger partial charge in [-0.3, -0.25) is 9.69 Å². The van der Waals surface area contributed by atoms with Crippen LogP contribution in [0, 0.1) is 6.92 Å². The number of furan rings is 1. The lowest BCUT2D eigenvalue weighted by atomic mass is 9.90. The summed E-state index contributed by atoms with van der Waals surface area (Å²) in [5, 5.41) is 6.86. The molecule has 0 bridgehead atoms. The van der Waals surface area contributed by atoms with Gasteiger partial charge in [0.05, 0.1) is 36.3 Å². The third kappa shape index (κ3) is 4.28. The van der Waals surface area contributed by atoms with Gasteiger partial charge in [0, 0.05) is 18.2 Å². The summed E-state index contributed by atoms with van der Waals surface area (Å²) in [6, 6.07) is 5.57. The molecule has 1 saturated heterocycles. The molecule has 0 atom stereocenters. The number of aryl methyl sites for hydroxylation is 1. The molecule has 146 valence electrons. The Labute approximate surface area is 162 Å². The topological polar surface area (TPSA) is 97.3 Å². The Balaban J connectivity index is 1.33. The van der Waals surface area contributed by atoms with E-state index in [1.807, 2.05) is 25.1 Å². The van der Waals surface area contributed by atoms with Crippen molar-refractivity contribution in [3.8, 4) is 11.3 Å². The fourth-order valence-corrected chi connectivity index (χ4v) is 3.57. The molecule has 1 amide bonds. The van der Waals surface area contributed by atoms with E-state index in [0.717, 1.165) is 48.6 Å². The molecule has 0 radical (unpaired) electrons. The molecule has 28 heavy (non-hydrogen) atoms. The first-order valence-electron chi connectivity index (χ1n) is 9.44. The van der Waals surface area contributed by atoms with Crippen molar-refractivity contribution in [3.05, 3.63) is 54.1 Å². The smallest absolute Gasteiger partial charge is 0.234 e. The minimum Gasteiger partial charge on any atom is -0.467 e. The van der Waals surface area contributed by atoms with Gasteiger partial charge in [0.2, 0.25) is 5.91 Å². The number of rotatable bonds is 6. The second kappa shape index (κ2) is 8.35.